The lowest BCUT2D eigenvalue weighted by molar-refractivity contribution is -0.154. The van der Waals surface area contributed by atoms with Crippen LogP contribution in [0, 0.1) is 5.41 Å². The Hall–Kier alpha value is -1.79. The minimum atomic E-state index is -0.956. The zero-order valence-corrected chi connectivity index (χ0v) is 14.4. The molecule has 1 spiro atoms. The second-order valence-corrected chi connectivity index (χ2v) is 7.50. The van der Waals surface area contributed by atoms with E-state index in [0.717, 1.165) is 45.2 Å². The van der Waals surface area contributed by atoms with E-state index in [1.165, 1.54) is 4.90 Å². The Labute approximate surface area is 142 Å². The molecule has 24 heavy (non-hydrogen) atoms. The number of amides is 3. The Balaban J connectivity index is 1.61. The van der Waals surface area contributed by atoms with Crippen LogP contribution in [0.4, 0.5) is 4.79 Å². The van der Waals surface area contributed by atoms with Gasteiger partial charge in [0.1, 0.15) is 6.04 Å². The molecule has 0 saturated carbocycles. The molecule has 1 atom stereocenters. The van der Waals surface area contributed by atoms with E-state index in [4.69, 9.17) is 0 Å². The number of carboxylic acid groups (broad SMARTS) is 1. The number of carbonyl (C=O) groups excluding carboxylic acids is 2. The first kappa shape index (κ1) is 17.0. The fraction of sp³-hybridized carbons (Fsp3) is 0.824. The lowest BCUT2D eigenvalue weighted by Crippen LogP contribution is -2.56. The van der Waals surface area contributed by atoms with Crippen molar-refractivity contribution in [3.05, 3.63) is 0 Å². The van der Waals surface area contributed by atoms with Gasteiger partial charge in [0.2, 0.25) is 5.91 Å². The van der Waals surface area contributed by atoms with Crippen LogP contribution in [0.25, 0.3) is 0 Å². The quantitative estimate of drug-likeness (QED) is 0.825. The van der Waals surface area contributed by atoms with Crippen molar-refractivity contribution < 1.29 is 19.5 Å². The molecular formula is C17H27N3O4. The molecule has 1 N–H and O–H groups in total. The Kier molecular flexibility index (Phi) is 4.69. The zero-order chi connectivity index (χ0) is 17.3. The Bertz CT molecular complexity index is 522. The van der Waals surface area contributed by atoms with Crippen LogP contribution in [-0.2, 0) is 9.59 Å². The molecular weight excluding hydrogens is 310 g/mol. The third kappa shape index (κ3) is 3.21. The summed E-state index contributed by atoms with van der Waals surface area (Å²) in [5.74, 6) is -1.02. The van der Waals surface area contributed by atoms with Crippen LogP contribution in [0.15, 0.2) is 0 Å². The molecule has 3 saturated heterocycles. The number of aliphatic carboxylic acids is 1. The second kappa shape index (κ2) is 6.61. The van der Waals surface area contributed by atoms with E-state index < -0.39 is 12.0 Å². The van der Waals surface area contributed by atoms with Gasteiger partial charge >= 0.3 is 12.0 Å². The van der Waals surface area contributed by atoms with Crippen molar-refractivity contribution in [3.63, 3.8) is 0 Å². The summed E-state index contributed by atoms with van der Waals surface area (Å²) >= 11 is 0. The van der Waals surface area contributed by atoms with Crippen LogP contribution in [0.3, 0.4) is 0 Å². The molecule has 0 aromatic heterocycles. The van der Waals surface area contributed by atoms with Gasteiger partial charge in [-0.2, -0.15) is 0 Å². The maximum Gasteiger partial charge on any atom is 0.326 e. The van der Waals surface area contributed by atoms with Crippen LogP contribution in [0.5, 0.6) is 0 Å². The van der Waals surface area contributed by atoms with Gasteiger partial charge < -0.3 is 19.8 Å². The van der Waals surface area contributed by atoms with Crippen molar-refractivity contribution in [1.82, 2.24) is 14.7 Å². The van der Waals surface area contributed by atoms with Gasteiger partial charge in [-0.1, -0.05) is 0 Å². The predicted molar refractivity (Wildman–Crippen MR) is 87.5 cm³/mol. The standard InChI is InChI=1S/C17H27N3O4/c1-13(15(22)23)20-12-17(5-4-14(20)21)6-10-19(11-7-17)16(24)18-8-2-3-9-18/h13H,2-12H2,1H3,(H,22,23)/t13-/m1/s1. The van der Waals surface area contributed by atoms with Crippen molar-refractivity contribution in [2.45, 2.75) is 51.5 Å². The normalized spacial score (nSPS) is 25.2. The smallest absolute Gasteiger partial charge is 0.326 e. The molecule has 3 heterocycles. The van der Waals surface area contributed by atoms with Gasteiger partial charge in [-0.25, -0.2) is 9.59 Å². The van der Waals surface area contributed by atoms with Crippen LogP contribution >= 0.6 is 0 Å². The highest BCUT2D eigenvalue weighted by Gasteiger charge is 2.44. The first-order chi connectivity index (χ1) is 11.4. The number of rotatable bonds is 2. The average Bonchev–Trinajstić information content (AvgIpc) is 3.11. The maximum atomic E-state index is 12.5. The van der Waals surface area contributed by atoms with Gasteiger partial charge in [-0.15, -0.1) is 0 Å². The molecule has 0 unspecified atom stereocenters. The number of carbonyl (C=O) groups is 3. The molecule has 3 aliphatic rings. The molecule has 0 aromatic carbocycles. The van der Waals surface area contributed by atoms with Crippen molar-refractivity contribution in [3.8, 4) is 0 Å². The number of urea groups is 1. The summed E-state index contributed by atoms with van der Waals surface area (Å²) in [6.07, 6.45) is 5.10. The molecule has 3 aliphatic heterocycles. The van der Waals surface area contributed by atoms with Crippen molar-refractivity contribution in [1.29, 1.82) is 0 Å². The number of carboxylic acids is 1. The summed E-state index contributed by atoms with van der Waals surface area (Å²) in [7, 11) is 0. The Morgan fingerprint density at radius 3 is 2.21 bits per heavy atom. The molecule has 0 aromatic rings. The van der Waals surface area contributed by atoms with Gasteiger partial charge in [0.05, 0.1) is 0 Å². The molecule has 0 bridgehead atoms. The minimum Gasteiger partial charge on any atom is -0.480 e. The van der Waals surface area contributed by atoms with Gasteiger partial charge in [-0.05, 0) is 44.4 Å². The summed E-state index contributed by atoms with van der Waals surface area (Å²) in [5, 5.41) is 9.22. The van der Waals surface area contributed by atoms with Gasteiger partial charge in [0, 0.05) is 39.1 Å². The summed E-state index contributed by atoms with van der Waals surface area (Å²) < 4.78 is 0. The van der Waals surface area contributed by atoms with E-state index in [0.29, 0.717) is 26.1 Å². The van der Waals surface area contributed by atoms with Crippen molar-refractivity contribution in [2.24, 2.45) is 5.41 Å². The first-order valence-corrected chi connectivity index (χ1v) is 8.98. The van der Waals surface area contributed by atoms with Crippen LogP contribution in [-0.4, -0.2) is 76.5 Å². The lowest BCUT2D eigenvalue weighted by atomic mass is 9.72. The molecule has 3 amide bonds. The highest BCUT2D eigenvalue weighted by molar-refractivity contribution is 5.84. The van der Waals surface area contributed by atoms with Crippen molar-refractivity contribution in [2.75, 3.05) is 32.7 Å². The maximum absolute atomic E-state index is 12.5. The molecule has 134 valence electrons. The van der Waals surface area contributed by atoms with E-state index in [2.05, 4.69) is 0 Å². The monoisotopic (exact) mass is 337 g/mol. The number of hydrogen-bond acceptors (Lipinski definition) is 3. The highest BCUT2D eigenvalue weighted by Crippen LogP contribution is 2.41. The summed E-state index contributed by atoms with van der Waals surface area (Å²) in [6, 6.07) is -0.635. The van der Waals surface area contributed by atoms with Gasteiger partial charge in [-0.3, -0.25) is 4.79 Å². The lowest BCUT2D eigenvalue weighted by Gasteiger charge is -2.48. The van der Waals surface area contributed by atoms with E-state index in [1.54, 1.807) is 6.92 Å². The summed E-state index contributed by atoms with van der Waals surface area (Å²) in [6.45, 7) is 5.21. The molecule has 7 nitrogen and oxygen atoms in total. The highest BCUT2D eigenvalue weighted by atomic mass is 16.4. The number of nitrogens with zero attached hydrogens (tertiary/aromatic N) is 3. The van der Waals surface area contributed by atoms with Crippen LogP contribution in [0.1, 0.15) is 45.4 Å². The SMILES string of the molecule is C[C@H](C(=O)O)N1CC2(CCC1=O)CCN(C(=O)N1CCCC1)CC2. The van der Waals surface area contributed by atoms with E-state index in [1.807, 2.05) is 9.80 Å². The largest absolute Gasteiger partial charge is 0.480 e. The molecule has 0 radical (unpaired) electrons. The van der Waals surface area contributed by atoms with Gasteiger partial charge in [0.25, 0.3) is 0 Å². The summed E-state index contributed by atoms with van der Waals surface area (Å²) in [4.78, 5) is 41.2. The summed E-state index contributed by atoms with van der Waals surface area (Å²) in [5.41, 5.74) is -0.0284. The third-order valence-electron chi connectivity index (χ3n) is 5.99. The van der Waals surface area contributed by atoms with E-state index in [9.17, 15) is 19.5 Å². The molecule has 3 fully saturated rings. The Morgan fingerprint density at radius 1 is 1.04 bits per heavy atom. The van der Waals surface area contributed by atoms with E-state index in [-0.39, 0.29) is 17.4 Å². The topological polar surface area (TPSA) is 81.2 Å². The fourth-order valence-electron chi connectivity index (χ4n) is 4.22. The van der Waals surface area contributed by atoms with Crippen LogP contribution in [0.2, 0.25) is 0 Å². The second-order valence-electron chi connectivity index (χ2n) is 7.50. The molecule has 7 heteroatoms. The number of piperidine rings is 2. The minimum absolute atomic E-state index is 0.0284. The molecule has 0 aliphatic carbocycles. The van der Waals surface area contributed by atoms with Gasteiger partial charge in [0.15, 0.2) is 0 Å². The average molecular weight is 337 g/mol. The Morgan fingerprint density at radius 2 is 1.62 bits per heavy atom. The van der Waals surface area contributed by atoms with Crippen LogP contribution < -0.4 is 0 Å². The van der Waals surface area contributed by atoms with Crippen molar-refractivity contribution >= 4 is 17.9 Å². The predicted octanol–water partition coefficient (Wildman–Crippen LogP) is 1.38. The third-order valence-corrected chi connectivity index (χ3v) is 5.99. The van der Waals surface area contributed by atoms with E-state index >= 15 is 0 Å². The number of hydrogen-bond donors (Lipinski definition) is 1. The number of likely N-dealkylation sites (tertiary alicyclic amines) is 3. The zero-order valence-electron chi connectivity index (χ0n) is 14.4. The molecule has 3 rings (SSSR count). The first-order valence-electron chi connectivity index (χ1n) is 8.98. The fourth-order valence-corrected chi connectivity index (χ4v) is 4.22.